The maximum Gasteiger partial charge on any atom is 0.324 e. The Balaban J connectivity index is 2.15. The van der Waals surface area contributed by atoms with Gasteiger partial charge >= 0.3 is 5.00 Å². The number of anilines is 1. The van der Waals surface area contributed by atoms with Gasteiger partial charge in [0.2, 0.25) is 0 Å². The molecule has 1 heterocycles. The lowest BCUT2D eigenvalue weighted by atomic mass is 10.2. The van der Waals surface area contributed by atoms with Gasteiger partial charge in [0.25, 0.3) is 5.91 Å². The number of carbonyl (C=O) groups excluding carboxylic acids is 1. The van der Waals surface area contributed by atoms with Crippen molar-refractivity contribution in [2.45, 2.75) is 6.92 Å². The van der Waals surface area contributed by atoms with E-state index in [0.717, 1.165) is 11.3 Å². The average molecular weight is 278 g/mol. The first-order valence-corrected chi connectivity index (χ1v) is 6.14. The van der Waals surface area contributed by atoms with Gasteiger partial charge < -0.3 is 10.4 Å². The SMILES string of the molecule is Cc1cc(NC(=O)c2ccc([N+](=O)[O-])s2)ccc1O. The van der Waals surface area contributed by atoms with E-state index in [1.54, 1.807) is 19.1 Å². The molecule has 2 N–H and O–H groups in total. The molecule has 2 rings (SSSR count). The molecule has 0 spiro atoms. The van der Waals surface area contributed by atoms with Crippen LogP contribution in [0.1, 0.15) is 15.2 Å². The predicted molar refractivity (Wildman–Crippen MR) is 71.8 cm³/mol. The maximum atomic E-state index is 11.9. The van der Waals surface area contributed by atoms with Crippen molar-refractivity contribution in [2.24, 2.45) is 0 Å². The number of aryl methyl sites for hydroxylation is 1. The highest BCUT2D eigenvalue weighted by atomic mass is 32.1. The zero-order valence-electron chi connectivity index (χ0n) is 9.91. The Morgan fingerprint density at radius 3 is 2.68 bits per heavy atom. The van der Waals surface area contributed by atoms with E-state index in [-0.39, 0.29) is 15.6 Å². The third-order valence-electron chi connectivity index (χ3n) is 2.45. The summed E-state index contributed by atoms with van der Waals surface area (Å²) in [4.78, 5) is 22.1. The van der Waals surface area contributed by atoms with Gasteiger partial charge in [-0.2, -0.15) is 0 Å². The van der Waals surface area contributed by atoms with E-state index in [1.165, 1.54) is 18.2 Å². The maximum absolute atomic E-state index is 11.9. The molecule has 0 bridgehead atoms. The number of hydrogen-bond donors (Lipinski definition) is 2. The van der Waals surface area contributed by atoms with E-state index < -0.39 is 10.8 Å². The van der Waals surface area contributed by atoms with Crippen LogP contribution in [0, 0.1) is 17.0 Å². The molecule has 1 aromatic carbocycles. The van der Waals surface area contributed by atoms with Gasteiger partial charge in [0.05, 0.1) is 9.80 Å². The summed E-state index contributed by atoms with van der Waals surface area (Å²) in [6.07, 6.45) is 0. The van der Waals surface area contributed by atoms with Gasteiger partial charge in [-0.3, -0.25) is 14.9 Å². The topological polar surface area (TPSA) is 92.5 Å². The second-order valence-electron chi connectivity index (χ2n) is 3.85. The van der Waals surface area contributed by atoms with Crippen LogP contribution in [-0.4, -0.2) is 15.9 Å². The number of phenols is 1. The number of rotatable bonds is 3. The van der Waals surface area contributed by atoms with Crippen LogP contribution in [0.2, 0.25) is 0 Å². The van der Waals surface area contributed by atoms with E-state index in [4.69, 9.17) is 0 Å². The van der Waals surface area contributed by atoms with Gasteiger partial charge in [-0.25, -0.2) is 0 Å². The Kier molecular flexibility index (Phi) is 3.48. The summed E-state index contributed by atoms with van der Waals surface area (Å²) in [5.41, 5.74) is 1.16. The number of amides is 1. The summed E-state index contributed by atoms with van der Waals surface area (Å²) in [7, 11) is 0. The summed E-state index contributed by atoms with van der Waals surface area (Å²) in [5, 5.41) is 22.4. The number of nitrogens with zero attached hydrogens (tertiary/aromatic N) is 1. The van der Waals surface area contributed by atoms with Crippen LogP contribution in [0.4, 0.5) is 10.7 Å². The predicted octanol–water partition coefficient (Wildman–Crippen LogP) is 2.92. The van der Waals surface area contributed by atoms with Gasteiger partial charge in [0.1, 0.15) is 5.75 Å². The Morgan fingerprint density at radius 1 is 1.37 bits per heavy atom. The number of aromatic hydroxyl groups is 1. The van der Waals surface area contributed by atoms with Crippen LogP contribution >= 0.6 is 11.3 Å². The van der Waals surface area contributed by atoms with Crippen molar-refractivity contribution in [2.75, 3.05) is 5.32 Å². The fraction of sp³-hybridized carbons (Fsp3) is 0.0833. The van der Waals surface area contributed by atoms with Crippen molar-refractivity contribution in [3.05, 3.63) is 50.9 Å². The summed E-state index contributed by atoms with van der Waals surface area (Å²) in [6, 6.07) is 7.35. The minimum atomic E-state index is -0.536. The molecular formula is C12H10N2O4S. The van der Waals surface area contributed by atoms with Crippen LogP contribution in [0.25, 0.3) is 0 Å². The number of nitro groups is 1. The molecule has 7 heteroatoms. The van der Waals surface area contributed by atoms with Gasteiger partial charge in [0, 0.05) is 11.8 Å². The normalized spacial score (nSPS) is 10.2. The quantitative estimate of drug-likeness (QED) is 0.513. The molecule has 0 atom stereocenters. The minimum Gasteiger partial charge on any atom is -0.508 e. The van der Waals surface area contributed by atoms with E-state index in [0.29, 0.717) is 11.3 Å². The summed E-state index contributed by atoms with van der Waals surface area (Å²) in [5.74, 6) is -0.270. The highest BCUT2D eigenvalue weighted by Gasteiger charge is 2.15. The average Bonchev–Trinajstić information content (AvgIpc) is 2.83. The number of benzene rings is 1. The molecule has 19 heavy (non-hydrogen) atoms. The van der Waals surface area contributed by atoms with Crippen LogP contribution in [-0.2, 0) is 0 Å². The van der Waals surface area contributed by atoms with Crippen molar-refractivity contribution in [1.29, 1.82) is 0 Å². The molecule has 0 saturated carbocycles. The molecule has 2 aromatic rings. The fourth-order valence-electron chi connectivity index (χ4n) is 1.47. The van der Waals surface area contributed by atoms with Crippen LogP contribution in [0.15, 0.2) is 30.3 Å². The third kappa shape index (κ3) is 2.89. The molecule has 0 saturated heterocycles. The fourth-order valence-corrected chi connectivity index (χ4v) is 2.19. The molecule has 6 nitrogen and oxygen atoms in total. The van der Waals surface area contributed by atoms with Crippen molar-refractivity contribution in [3.8, 4) is 5.75 Å². The molecule has 1 aromatic heterocycles. The second-order valence-corrected chi connectivity index (χ2v) is 4.91. The first kappa shape index (κ1) is 13.0. The van der Waals surface area contributed by atoms with E-state index >= 15 is 0 Å². The lowest BCUT2D eigenvalue weighted by Gasteiger charge is -2.05. The molecule has 98 valence electrons. The van der Waals surface area contributed by atoms with Crippen molar-refractivity contribution in [1.82, 2.24) is 0 Å². The molecule has 0 aliphatic heterocycles. The molecule has 0 radical (unpaired) electrons. The van der Waals surface area contributed by atoms with E-state index in [2.05, 4.69) is 5.32 Å². The number of thiophene rings is 1. The Bertz CT molecular complexity index is 651. The smallest absolute Gasteiger partial charge is 0.324 e. The van der Waals surface area contributed by atoms with Crippen molar-refractivity contribution >= 4 is 27.9 Å². The molecule has 0 unspecified atom stereocenters. The van der Waals surface area contributed by atoms with E-state index in [1.807, 2.05) is 0 Å². The Morgan fingerprint density at radius 2 is 2.11 bits per heavy atom. The van der Waals surface area contributed by atoms with Crippen molar-refractivity contribution in [3.63, 3.8) is 0 Å². The second kappa shape index (κ2) is 5.07. The number of nitrogens with one attached hydrogen (secondary N) is 1. The molecule has 1 amide bonds. The molecule has 0 aliphatic rings. The monoisotopic (exact) mass is 278 g/mol. The zero-order valence-corrected chi connectivity index (χ0v) is 10.7. The van der Waals surface area contributed by atoms with Crippen LogP contribution in [0.5, 0.6) is 5.75 Å². The molecule has 0 fully saturated rings. The lowest BCUT2D eigenvalue weighted by molar-refractivity contribution is -0.380. The number of carbonyl (C=O) groups is 1. The highest BCUT2D eigenvalue weighted by molar-refractivity contribution is 7.17. The van der Waals surface area contributed by atoms with Gasteiger partial charge in [-0.1, -0.05) is 11.3 Å². The summed E-state index contributed by atoms with van der Waals surface area (Å²) in [6.45, 7) is 1.71. The summed E-state index contributed by atoms with van der Waals surface area (Å²) < 4.78 is 0. The van der Waals surface area contributed by atoms with Gasteiger partial charge in [-0.05, 0) is 36.8 Å². The van der Waals surface area contributed by atoms with Crippen molar-refractivity contribution < 1.29 is 14.8 Å². The van der Waals surface area contributed by atoms with E-state index in [9.17, 15) is 20.0 Å². The molecule has 0 aliphatic carbocycles. The van der Waals surface area contributed by atoms with Crippen LogP contribution in [0.3, 0.4) is 0 Å². The standard InChI is InChI=1S/C12H10N2O4S/c1-7-6-8(2-3-9(7)15)13-12(16)10-4-5-11(19-10)14(17)18/h2-6,15H,1H3,(H,13,16). The van der Waals surface area contributed by atoms with Gasteiger partial charge in [-0.15, -0.1) is 0 Å². The Labute approximate surface area is 112 Å². The zero-order chi connectivity index (χ0) is 14.0. The highest BCUT2D eigenvalue weighted by Crippen LogP contribution is 2.25. The Hall–Kier alpha value is -2.41. The summed E-state index contributed by atoms with van der Waals surface area (Å²) >= 11 is 0.815. The largest absolute Gasteiger partial charge is 0.508 e. The first-order chi connectivity index (χ1) is 8.97. The third-order valence-corrected chi connectivity index (χ3v) is 3.49. The first-order valence-electron chi connectivity index (χ1n) is 5.32. The number of phenolic OH excluding ortho intramolecular Hbond substituents is 1. The molecular weight excluding hydrogens is 268 g/mol. The van der Waals surface area contributed by atoms with Crippen LogP contribution < -0.4 is 5.32 Å². The number of hydrogen-bond acceptors (Lipinski definition) is 5. The minimum absolute atomic E-state index is 0.0768. The van der Waals surface area contributed by atoms with Gasteiger partial charge in [0.15, 0.2) is 0 Å². The lowest BCUT2D eigenvalue weighted by Crippen LogP contribution is -2.10.